The molecule has 2 amide bonds. The van der Waals surface area contributed by atoms with E-state index in [-0.39, 0.29) is 17.7 Å². The summed E-state index contributed by atoms with van der Waals surface area (Å²) in [4.78, 5) is 29.1. The smallest absolute Gasteiger partial charge is 0.254 e. The van der Waals surface area contributed by atoms with Crippen molar-refractivity contribution in [1.82, 2.24) is 9.80 Å². The predicted molar refractivity (Wildman–Crippen MR) is 100 cm³/mol. The molecule has 26 heavy (non-hydrogen) atoms. The average Bonchev–Trinajstić information content (AvgIpc) is 2.70. The zero-order valence-corrected chi connectivity index (χ0v) is 15.0. The van der Waals surface area contributed by atoms with Crippen LogP contribution in [-0.4, -0.2) is 48.3 Å². The van der Waals surface area contributed by atoms with Gasteiger partial charge in [0.25, 0.3) is 5.91 Å². The van der Waals surface area contributed by atoms with Crippen LogP contribution in [0, 0.1) is 17.2 Å². The third kappa shape index (κ3) is 3.70. The summed E-state index contributed by atoms with van der Waals surface area (Å²) in [5, 5.41) is 10.7. The van der Waals surface area contributed by atoms with Crippen LogP contribution in [0.4, 0.5) is 0 Å². The Bertz CT molecular complexity index is 850. The summed E-state index contributed by atoms with van der Waals surface area (Å²) in [5.41, 5.74) is 0.689. The Labute approximate surface area is 153 Å². The highest BCUT2D eigenvalue weighted by Crippen LogP contribution is 2.24. The monoisotopic (exact) mass is 349 g/mol. The Hall–Kier alpha value is -2.87. The molecule has 1 fully saturated rings. The van der Waals surface area contributed by atoms with Crippen LogP contribution in [0.1, 0.15) is 29.6 Å². The van der Waals surface area contributed by atoms with Crippen molar-refractivity contribution in [2.75, 3.05) is 26.7 Å². The van der Waals surface area contributed by atoms with Crippen LogP contribution >= 0.6 is 0 Å². The van der Waals surface area contributed by atoms with E-state index in [1.807, 2.05) is 42.5 Å². The van der Waals surface area contributed by atoms with Gasteiger partial charge in [-0.3, -0.25) is 9.59 Å². The fourth-order valence-corrected chi connectivity index (χ4v) is 3.58. The van der Waals surface area contributed by atoms with E-state index in [1.165, 1.54) is 0 Å². The van der Waals surface area contributed by atoms with Crippen LogP contribution in [0.2, 0.25) is 0 Å². The number of likely N-dealkylation sites (tertiary alicyclic amines) is 1. The van der Waals surface area contributed by atoms with Crippen LogP contribution in [0.25, 0.3) is 10.8 Å². The van der Waals surface area contributed by atoms with E-state index in [2.05, 4.69) is 6.07 Å². The lowest BCUT2D eigenvalue weighted by atomic mass is 9.95. The maximum Gasteiger partial charge on any atom is 0.254 e. The van der Waals surface area contributed by atoms with Crippen molar-refractivity contribution in [3.8, 4) is 6.07 Å². The number of benzene rings is 2. The zero-order valence-electron chi connectivity index (χ0n) is 15.0. The number of amides is 2. The molecule has 1 atom stereocenters. The standard InChI is InChI=1S/C21H23N3O2/c1-23(13-6-12-22)20(25)17-9-5-14-24(15-17)21(26)19-11-4-8-16-7-2-3-10-18(16)19/h2-4,7-8,10-11,17H,5-6,9,13-15H2,1H3. The molecule has 0 bridgehead atoms. The van der Waals surface area contributed by atoms with Crippen LogP contribution < -0.4 is 0 Å². The highest BCUT2D eigenvalue weighted by Gasteiger charge is 2.30. The molecule has 1 unspecified atom stereocenters. The van der Waals surface area contributed by atoms with Crippen molar-refractivity contribution in [1.29, 1.82) is 5.26 Å². The first-order valence-corrected chi connectivity index (χ1v) is 9.01. The summed E-state index contributed by atoms with van der Waals surface area (Å²) >= 11 is 0. The lowest BCUT2D eigenvalue weighted by Crippen LogP contribution is -2.46. The predicted octanol–water partition coefficient (Wildman–Crippen LogP) is 3.06. The van der Waals surface area contributed by atoms with Gasteiger partial charge in [-0.05, 0) is 29.7 Å². The number of carbonyl (C=O) groups excluding carboxylic acids is 2. The number of rotatable bonds is 4. The Morgan fingerprint density at radius 3 is 2.81 bits per heavy atom. The number of carbonyl (C=O) groups is 2. The topological polar surface area (TPSA) is 64.4 Å². The summed E-state index contributed by atoms with van der Waals surface area (Å²) < 4.78 is 0. The van der Waals surface area contributed by atoms with Gasteiger partial charge < -0.3 is 9.80 Å². The van der Waals surface area contributed by atoms with Gasteiger partial charge in [0, 0.05) is 32.2 Å². The average molecular weight is 349 g/mol. The molecule has 2 aromatic carbocycles. The molecule has 5 heteroatoms. The number of nitriles is 1. The Morgan fingerprint density at radius 2 is 2.00 bits per heavy atom. The molecule has 0 aliphatic carbocycles. The molecule has 0 N–H and O–H groups in total. The normalized spacial score (nSPS) is 16.9. The first kappa shape index (κ1) is 17.9. The molecule has 1 aliphatic heterocycles. The van der Waals surface area contributed by atoms with Gasteiger partial charge >= 0.3 is 0 Å². The molecule has 1 heterocycles. The van der Waals surface area contributed by atoms with E-state index in [1.54, 1.807) is 16.8 Å². The van der Waals surface area contributed by atoms with Gasteiger partial charge in [-0.2, -0.15) is 5.26 Å². The van der Waals surface area contributed by atoms with Crippen molar-refractivity contribution in [3.05, 3.63) is 48.0 Å². The minimum Gasteiger partial charge on any atom is -0.344 e. The van der Waals surface area contributed by atoms with Crippen LogP contribution in [0.5, 0.6) is 0 Å². The van der Waals surface area contributed by atoms with Gasteiger partial charge in [-0.1, -0.05) is 36.4 Å². The maximum atomic E-state index is 13.1. The molecular formula is C21H23N3O2. The van der Waals surface area contributed by atoms with Crippen molar-refractivity contribution in [3.63, 3.8) is 0 Å². The summed E-state index contributed by atoms with van der Waals surface area (Å²) in [7, 11) is 1.73. The first-order valence-electron chi connectivity index (χ1n) is 9.01. The van der Waals surface area contributed by atoms with Gasteiger partial charge in [0.1, 0.15) is 0 Å². The number of hydrogen-bond donors (Lipinski definition) is 0. The highest BCUT2D eigenvalue weighted by atomic mass is 16.2. The van der Waals surface area contributed by atoms with Crippen LogP contribution in [0.15, 0.2) is 42.5 Å². The Morgan fingerprint density at radius 1 is 1.23 bits per heavy atom. The minimum atomic E-state index is -0.189. The maximum absolute atomic E-state index is 13.1. The number of piperidine rings is 1. The van der Waals surface area contributed by atoms with Crippen molar-refractivity contribution in [2.45, 2.75) is 19.3 Å². The van der Waals surface area contributed by atoms with E-state index >= 15 is 0 Å². The molecule has 0 spiro atoms. The fraction of sp³-hybridized carbons (Fsp3) is 0.381. The number of hydrogen-bond acceptors (Lipinski definition) is 3. The quantitative estimate of drug-likeness (QED) is 0.852. The zero-order chi connectivity index (χ0) is 18.5. The van der Waals surface area contributed by atoms with Crippen molar-refractivity contribution >= 4 is 22.6 Å². The second kappa shape index (κ2) is 8.01. The molecule has 0 radical (unpaired) electrons. The molecule has 3 rings (SSSR count). The lowest BCUT2D eigenvalue weighted by Gasteiger charge is -2.34. The Balaban J connectivity index is 1.76. The van der Waals surface area contributed by atoms with Gasteiger partial charge in [0.05, 0.1) is 18.4 Å². The molecule has 0 aromatic heterocycles. The summed E-state index contributed by atoms with van der Waals surface area (Å²) in [6.45, 7) is 1.55. The van der Waals surface area contributed by atoms with Gasteiger partial charge in [-0.25, -0.2) is 0 Å². The van der Waals surface area contributed by atoms with E-state index in [0.717, 1.165) is 23.6 Å². The summed E-state index contributed by atoms with van der Waals surface area (Å²) in [5.74, 6) is -0.180. The van der Waals surface area contributed by atoms with Crippen molar-refractivity contribution in [2.24, 2.45) is 5.92 Å². The molecular weight excluding hydrogens is 326 g/mol. The van der Waals surface area contributed by atoms with E-state index in [4.69, 9.17) is 5.26 Å². The Kier molecular flexibility index (Phi) is 5.52. The van der Waals surface area contributed by atoms with Gasteiger partial charge in [-0.15, -0.1) is 0 Å². The lowest BCUT2D eigenvalue weighted by molar-refractivity contribution is -0.135. The number of nitrogens with zero attached hydrogens (tertiary/aromatic N) is 3. The van der Waals surface area contributed by atoms with Crippen LogP contribution in [-0.2, 0) is 4.79 Å². The largest absolute Gasteiger partial charge is 0.344 e. The van der Waals surface area contributed by atoms with E-state index in [9.17, 15) is 9.59 Å². The summed E-state index contributed by atoms with van der Waals surface area (Å²) in [6, 6.07) is 15.7. The van der Waals surface area contributed by atoms with Gasteiger partial charge in [0.2, 0.25) is 5.91 Å². The highest BCUT2D eigenvalue weighted by molar-refractivity contribution is 6.07. The summed E-state index contributed by atoms with van der Waals surface area (Å²) in [6.07, 6.45) is 1.93. The molecule has 0 saturated carbocycles. The van der Waals surface area contributed by atoms with Crippen LogP contribution in [0.3, 0.4) is 0 Å². The second-order valence-electron chi connectivity index (χ2n) is 6.78. The molecule has 1 aliphatic rings. The third-order valence-electron chi connectivity index (χ3n) is 5.01. The van der Waals surface area contributed by atoms with Crippen molar-refractivity contribution < 1.29 is 9.59 Å². The second-order valence-corrected chi connectivity index (χ2v) is 6.78. The number of fused-ring (bicyclic) bond motifs is 1. The molecule has 2 aromatic rings. The molecule has 134 valence electrons. The molecule has 1 saturated heterocycles. The van der Waals surface area contributed by atoms with E-state index in [0.29, 0.717) is 31.6 Å². The molecule has 5 nitrogen and oxygen atoms in total. The fourth-order valence-electron chi connectivity index (χ4n) is 3.58. The first-order chi connectivity index (χ1) is 12.6. The SMILES string of the molecule is CN(CCC#N)C(=O)C1CCCN(C(=O)c2cccc3ccccc23)C1. The minimum absolute atomic E-state index is 0.0148. The van der Waals surface area contributed by atoms with E-state index < -0.39 is 0 Å². The third-order valence-corrected chi connectivity index (χ3v) is 5.01. The van der Waals surface area contributed by atoms with Gasteiger partial charge in [0.15, 0.2) is 0 Å².